The maximum absolute atomic E-state index is 15.1. The minimum absolute atomic E-state index is 0.104. The second kappa shape index (κ2) is 7.79. The zero-order valence-corrected chi connectivity index (χ0v) is 16.0. The number of nitrogens with zero attached hydrogens (tertiary/aromatic N) is 1. The van der Waals surface area contributed by atoms with E-state index in [4.69, 9.17) is 14.2 Å². The SMILES string of the molecule is C[C@]1([N+](=O)[O-])[C@@H]([C@H](F)Sc2ccccc2)O[C@@H]2COC(c3ccccc3)O[C@H]21. The van der Waals surface area contributed by atoms with Crippen LogP contribution in [0.15, 0.2) is 65.6 Å². The van der Waals surface area contributed by atoms with Gasteiger partial charge in [0, 0.05) is 22.3 Å². The highest BCUT2D eigenvalue weighted by Crippen LogP contribution is 2.46. The van der Waals surface area contributed by atoms with Crippen LogP contribution in [0.5, 0.6) is 0 Å². The molecule has 6 nitrogen and oxygen atoms in total. The number of hydrogen-bond acceptors (Lipinski definition) is 6. The summed E-state index contributed by atoms with van der Waals surface area (Å²) >= 11 is 0.911. The summed E-state index contributed by atoms with van der Waals surface area (Å²) in [6, 6.07) is 18.1. The molecule has 2 fully saturated rings. The van der Waals surface area contributed by atoms with Crippen LogP contribution in [0.2, 0.25) is 0 Å². The molecular weight excluding hydrogens is 385 g/mol. The molecule has 2 aromatic rings. The van der Waals surface area contributed by atoms with Gasteiger partial charge in [0.1, 0.15) is 6.10 Å². The van der Waals surface area contributed by atoms with E-state index < -0.39 is 40.6 Å². The molecule has 2 aromatic carbocycles. The van der Waals surface area contributed by atoms with E-state index >= 15 is 4.39 Å². The Balaban J connectivity index is 1.57. The van der Waals surface area contributed by atoms with Gasteiger partial charge in [-0.1, -0.05) is 60.3 Å². The second-order valence-electron chi connectivity index (χ2n) is 6.99. The van der Waals surface area contributed by atoms with E-state index in [1.54, 1.807) is 24.3 Å². The molecule has 6 atom stereocenters. The highest BCUT2D eigenvalue weighted by Gasteiger charge is 2.68. The van der Waals surface area contributed by atoms with E-state index in [2.05, 4.69) is 0 Å². The first kappa shape index (κ1) is 19.3. The highest BCUT2D eigenvalue weighted by molar-refractivity contribution is 7.99. The van der Waals surface area contributed by atoms with Gasteiger partial charge >= 0.3 is 0 Å². The van der Waals surface area contributed by atoms with Gasteiger partial charge in [-0.05, 0) is 12.1 Å². The van der Waals surface area contributed by atoms with Crippen molar-refractivity contribution in [3.05, 3.63) is 76.3 Å². The van der Waals surface area contributed by atoms with E-state index in [0.29, 0.717) is 4.90 Å². The number of alkyl halides is 1. The molecule has 0 aliphatic carbocycles. The van der Waals surface area contributed by atoms with Gasteiger partial charge in [-0.2, -0.15) is 0 Å². The Hall–Kier alpha value is -2.00. The molecule has 0 spiro atoms. The number of ether oxygens (including phenoxy) is 3. The van der Waals surface area contributed by atoms with Crippen LogP contribution in [0.25, 0.3) is 0 Å². The van der Waals surface area contributed by atoms with Crippen molar-refractivity contribution in [3.63, 3.8) is 0 Å². The molecule has 2 aliphatic rings. The molecule has 0 bridgehead atoms. The van der Waals surface area contributed by atoms with Crippen LogP contribution in [0, 0.1) is 10.1 Å². The van der Waals surface area contributed by atoms with Gasteiger partial charge in [0.2, 0.25) is 0 Å². The van der Waals surface area contributed by atoms with Crippen molar-refractivity contribution in [1.29, 1.82) is 0 Å². The van der Waals surface area contributed by atoms with Crippen LogP contribution in [0.3, 0.4) is 0 Å². The lowest BCUT2D eigenvalue weighted by atomic mass is 9.89. The van der Waals surface area contributed by atoms with Gasteiger partial charge < -0.3 is 14.2 Å². The molecule has 2 saturated heterocycles. The van der Waals surface area contributed by atoms with Gasteiger partial charge in [0.05, 0.1) is 6.61 Å². The first-order chi connectivity index (χ1) is 13.5. The summed E-state index contributed by atoms with van der Waals surface area (Å²) in [4.78, 5) is 12.2. The first-order valence-corrected chi connectivity index (χ1v) is 9.86. The molecule has 8 heteroatoms. The Morgan fingerprint density at radius 2 is 1.79 bits per heavy atom. The van der Waals surface area contributed by atoms with Crippen molar-refractivity contribution >= 4 is 11.8 Å². The topological polar surface area (TPSA) is 70.8 Å². The van der Waals surface area contributed by atoms with E-state index in [-0.39, 0.29) is 6.61 Å². The summed E-state index contributed by atoms with van der Waals surface area (Å²) in [5.74, 6) is 0. The summed E-state index contributed by atoms with van der Waals surface area (Å²) in [5.41, 5.74) is -2.60. The Kier molecular flexibility index (Phi) is 5.37. The predicted octanol–water partition coefficient (Wildman–Crippen LogP) is 3.99. The number of benzene rings is 2. The molecule has 4 rings (SSSR count). The van der Waals surface area contributed by atoms with Crippen molar-refractivity contribution < 1.29 is 23.5 Å². The summed E-state index contributed by atoms with van der Waals surface area (Å²) in [7, 11) is 0. The zero-order valence-electron chi connectivity index (χ0n) is 15.1. The lowest BCUT2D eigenvalue weighted by Gasteiger charge is -2.34. The third kappa shape index (κ3) is 3.41. The smallest absolute Gasteiger partial charge is 0.277 e. The number of fused-ring (bicyclic) bond motifs is 1. The molecule has 2 aliphatic heterocycles. The molecule has 148 valence electrons. The standard InChI is InChI=1S/C20H20FNO5S/c1-20(22(23)24)16-15(12-25-19(27-16)13-8-4-2-5-9-13)26-17(20)18(21)28-14-10-6-3-7-11-14/h2-11,15-19H,12H2,1H3/t15-,16-,17-,18-,19?,20-/m1/s1. The largest absolute Gasteiger partial charge is 0.358 e. The second-order valence-corrected chi connectivity index (χ2v) is 8.15. The number of rotatable bonds is 5. The van der Waals surface area contributed by atoms with Crippen molar-refractivity contribution in [2.75, 3.05) is 6.61 Å². The number of nitro groups is 1. The Bertz CT molecular complexity index is 822. The van der Waals surface area contributed by atoms with Crippen molar-refractivity contribution in [2.45, 2.75) is 47.5 Å². The van der Waals surface area contributed by atoms with Crippen LogP contribution in [-0.4, -0.2) is 40.9 Å². The number of thioether (sulfide) groups is 1. The molecule has 1 unspecified atom stereocenters. The highest BCUT2D eigenvalue weighted by atomic mass is 32.2. The van der Waals surface area contributed by atoms with Gasteiger partial charge in [0.15, 0.2) is 24.0 Å². The average molecular weight is 405 g/mol. The molecule has 0 aromatic heterocycles. The zero-order chi connectivity index (χ0) is 19.7. The van der Waals surface area contributed by atoms with E-state index in [9.17, 15) is 10.1 Å². The summed E-state index contributed by atoms with van der Waals surface area (Å²) in [6.45, 7) is 1.50. The van der Waals surface area contributed by atoms with Gasteiger partial charge in [0.25, 0.3) is 5.54 Å². The van der Waals surface area contributed by atoms with Crippen LogP contribution in [0.4, 0.5) is 4.39 Å². The quantitative estimate of drug-likeness (QED) is 0.426. The first-order valence-electron chi connectivity index (χ1n) is 8.98. The summed E-state index contributed by atoms with van der Waals surface area (Å²) in [6.07, 6.45) is -3.62. The van der Waals surface area contributed by atoms with E-state index in [1.807, 2.05) is 36.4 Å². The van der Waals surface area contributed by atoms with Gasteiger partial charge in [-0.15, -0.1) is 0 Å². The summed E-state index contributed by atoms with van der Waals surface area (Å²) < 4.78 is 32.6. The molecule has 0 saturated carbocycles. The normalized spacial score (nSPS) is 33.2. The fourth-order valence-electron chi connectivity index (χ4n) is 3.65. The van der Waals surface area contributed by atoms with E-state index in [0.717, 1.165) is 17.3 Å². The third-order valence-corrected chi connectivity index (χ3v) is 6.20. The molecular formula is C20H20FNO5S. The van der Waals surface area contributed by atoms with Crippen LogP contribution in [-0.2, 0) is 14.2 Å². The van der Waals surface area contributed by atoms with Crippen molar-refractivity contribution in [1.82, 2.24) is 0 Å². The fraction of sp³-hybridized carbons (Fsp3) is 0.400. The fourth-order valence-corrected chi connectivity index (χ4v) is 4.69. The number of halogens is 1. The van der Waals surface area contributed by atoms with Crippen LogP contribution in [0.1, 0.15) is 18.8 Å². The monoisotopic (exact) mass is 405 g/mol. The van der Waals surface area contributed by atoms with Gasteiger partial charge in [-0.3, -0.25) is 10.1 Å². The maximum atomic E-state index is 15.1. The maximum Gasteiger partial charge on any atom is 0.277 e. The third-order valence-electron chi connectivity index (χ3n) is 5.19. The Morgan fingerprint density at radius 1 is 1.14 bits per heavy atom. The summed E-state index contributed by atoms with van der Waals surface area (Å²) in [5, 5.41) is 12.0. The minimum atomic E-state index is -1.73. The van der Waals surface area contributed by atoms with E-state index in [1.165, 1.54) is 6.92 Å². The molecule has 28 heavy (non-hydrogen) atoms. The predicted molar refractivity (Wildman–Crippen MR) is 101 cm³/mol. The molecule has 0 radical (unpaired) electrons. The molecule has 0 N–H and O–H groups in total. The Labute approximate surface area is 166 Å². The molecule has 0 amide bonds. The van der Waals surface area contributed by atoms with Crippen LogP contribution >= 0.6 is 11.8 Å². The lowest BCUT2D eigenvalue weighted by Crippen LogP contribution is -2.57. The number of hydrogen-bond donors (Lipinski definition) is 0. The Morgan fingerprint density at radius 3 is 2.43 bits per heavy atom. The lowest BCUT2D eigenvalue weighted by molar-refractivity contribution is -0.585. The minimum Gasteiger partial charge on any atom is -0.358 e. The van der Waals surface area contributed by atoms with Crippen LogP contribution < -0.4 is 0 Å². The van der Waals surface area contributed by atoms with Gasteiger partial charge in [-0.25, -0.2) is 4.39 Å². The average Bonchev–Trinajstić information content (AvgIpc) is 3.03. The molecule has 2 heterocycles. The van der Waals surface area contributed by atoms with Crippen molar-refractivity contribution in [2.24, 2.45) is 0 Å². The van der Waals surface area contributed by atoms with Crippen molar-refractivity contribution in [3.8, 4) is 0 Å².